The van der Waals surface area contributed by atoms with E-state index in [1.54, 1.807) is 18.0 Å². The fourth-order valence-corrected chi connectivity index (χ4v) is 5.43. The first kappa shape index (κ1) is 22.8. The molecule has 0 radical (unpaired) electrons. The van der Waals surface area contributed by atoms with E-state index in [0.29, 0.717) is 31.1 Å². The van der Waals surface area contributed by atoms with Gasteiger partial charge in [0.15, 0.2) is 0 Å². The first-order chi connectivity index (χ1) is 14.4. The predicted molar refractivity (Wildman–Crippen MR) is 123 cm³/mol. The summed E-state index contributed by atoms with van der Waals surface area (Å²) < 4.78 is 26.6. The second kappa shape index (κ2) is 10.5. The monoisotopic (exact) mass is 450 g/mol. The normalized spacial score (nSPS) is 15.5. The van der Waals surface area contributed by atoms with E-state index < -0.39 is 10.0 Å². The van der Waals surface area contributed by atoms with Gasteiger partial charge in [0, 0.05) is 26.2 Å². The topological polar surface area (TPSA) is 75.5 Å². The van der Waals surface area contributed by atoms with E-state index in [-0.39, 0.29) is 5.56 Å². The van der Waals surface area contributed by atoms with Gasteiger partial charge in [-0.3, -0.25) is 4.79 Å². The molecule has 2 aromatic rings. The lowest BCUT2D eigenvalue weighted by Gasteiger charge is -2.35. The summed E-state index contributed by atoms with van der Waals surface area (Å²) in [5.74, 6) is 0.879. The van der Waals surface area contributed by atoms with Crippen molar-refractivity contribution >= 4 is 27.5 Å². The smallest absolute Gasteiger partial charge is 0.287 e. The minimum Gasteiger partial charge on any atom is -0.367 e. The first-order valence-corrected chi connectivity index (χ1v) is 13.3. The molecule has 164 valence electrons. The molecule has 0 aliphatic carbocycles. The molecule has 1 aromatic heterocycles. The van der Waals surface area contributed by atoms with Crippen LogP contribution in [0.4, 0.5) is 5.69 Å². The van der Waals surface area contributed by atoms with Crippen LogP contribution < -0.4 is 10.5 Å². The number of hydrogen-bond donors (Lipinski definition) is 0. The summed E-state index contributed by atoms with van der Waals surface area (Å²) in [4.78, 5) is 16.1. The van der Waals surface area contributed by atoms with Crippen molar-refractivity contribution < 1.29 is 8.42 Å². The molecule has 1 aromatic carbocycles. The van der Waals surface area contributed by atoms with Crippen LogP contribution in [0, 0.1) is 0 Å². The molecule has 1 saturated heterocycles. The molecule has 0 atom stereocenters. The quantitative estimate of drug-likeness (QED) is 0.432. The molecule has 0 bridgehead atoms. The van der Waals surface area contributed by atoms with Crippen molar-refractivity contribution in [3.8, 4) is 5.69 Å². The molecule has 2 heterocycles. The van der Waals surface area contributed by atoms with Crippen LogP contribution in [0.3, 0.4) is 0 Å². The number of aromatic nitrogens is 2. The fourth-order valence-electron chi connectivity index (χ4n) is 3.51. The summed E-state index contributed by atoms with van der Waals surface area (Å²) in [6.45, 7) is 4.12. The van der Waals surface area contributed by atoms with E-state index in [9.17, 15) is 13.2 Å². The number of sulfonamides is 1. The summed E-state index contributed by atoms with van der Waals surface area (Å²) >= 11 is 1.59. The van der Waals surface area contributed by atoms with Crippen LogP contribution in [0.25, 0.3) is 5.69 Å². The zero-order valence-electron chi connectivity index (χ0n) is 17.7. The Kier molecular flexibility index (Phi) is 7.96. The maximum atomic E-state index is 13.3. The van der Waals surface area contributed by atoms with Gasteiger partial charge in [-0.05, 0) is 24.3 Å². The molecule has 0 amide bonds. The third-order valence-corrected chi connectivity index (χ3v) is 7.68. The highest BCUT2D eigenvalue weighted by molar-refractivity contribution is 7.99. The van der Waals surface area contributed by atoms with Gasteiger partial charge in [-0.2, -0.15) is 14.1 Å². The second-order valence-electron chi connectivity index (χ2n) is 7.47. The Bertz CT molecular complexity index is 985. The summed E-state index contributed by atoms with van der Waals surface area (Å²) in [6.07, 6.45) is 7.58. The Morgan fingerprint density at radius 2 is 1.73 bits per heavy atom. The highest BCUT2D eigenvalue weighted by atomic mass is 32.2. The summed E-state index contributed by atoms with van der Waals surface area (Å²) in [6, 6.07) is 9.43. The number of benzene rings is 1. The standard InChI is InChI=1S/C21H30N4O3S2/c1-3-4-5-9-16-29-20-19(23-12-14-24(15-13-23)30(2,27)28)17-22-25(21(20)26)18-10-7-6-8-11-18/h6-8,10-11,17H,3-5,9,12-16H2,1-2H3. The average Bonchev–Trinajstić information content (AvgIpc) is 2.74. The Labute approximate surface area is 183 Å². The SMILES string of the molecule is CCCCCCSc1c(N2CCN(S(C)(=O)=O)CC2)cnn(-c2ccccc2)c1=O. The van der Waals surface area contributed by atoms with Crippen LogP contribution >= 0.6 is 11.8 Å². The molecule has 0 saturated carbocycles. The van der Waals surface area contributed by atoms with E-state index >= 15 is 0 Å². The van der Waals surface area contributed by atoms with Crippen LogP contribution in [0.5, 0.6) is 0 Å². The van der Waals surface area contributed by atoms with Gasteiger partial charge in [0.25, 0.3) is 5.56 Å². The summed E-state index contributed by atoms with van der Waals surface area (Å²) in [5.41, 5.74) is 1.43. The highest BCUT2D eigenvalue weighted by Crippen LogP contribution is 2.29. The molecule has 30 heavy (non-hydrogen) atoms. The Hall–Kier alpha value is -1.84. The third kappa shape index (κ3) is 5.65. The van der Waals surface area contributed by atoms with Gasteiger partial charge in [0.05, 0.1) is 28.7 Å². The van der Waals surface area contributed by atoms with Crippen molar-refractivity contribution in [2.45, 2.75) is 37.5 Å². The lowest BCUT2D eigenvalue weighted by atomic mass is 10.2. The minimum absolute atomic E-state index is 0.121. The number of anilines is 1. The Morgan fingerprint density at radius 1 is 1.03 bits per heavy atom. The number of thioether (sulfide) groups is 1. The van der Waals surface area contributed by atoms with Gasteiger partial charge in [-0.15, -0.1) is 11.8 Å². The van der Waals surface area contributed by atoms with Gasteiger partial charge >= 0.3 is 0 Å². The Balaban J connectivity index is 1.86. The molecular weight excluding hydrogens is 420 g/mol. The van der Waals surface area contributed by atoms with Crippen molar-refractivity contribution in [3.05, 3.63) is 46.9 Å². The molecule has 3 rings (SSSR count). The van der Waals surface area contributed by atoms with E-state index in [2.05, 4.69) is 16.9 Å². The number of nitrogens with zero attached hydrogens (tertiary/aromatic N) is 4. The van der Waals surface area contributed by atoms with Crippen molar-refractivity contribution in [2.75, 3.05) is 43.1 Å². The minimum atomic E-state index is -3.20. The van der Waals surface area contributed by atoms with Gasteiger partial charge in [0.1, 0.15) is 0 Å². The van der Waals surface area contributed by atoms with Crippen molar-refractivity contribution in [1.29, 1.82) is 0 Å². The molecule has 0 N–H and O–H groups in total. The van der Waals surface area contributed by atoms with Crippen LogP contribution in [0.1, 0.15) is 32.6 Å². The molecule has 0 spiro atoms. The van der Waals surface area contributed by atoms with Crippen LogP contribution in [0.15, 0.2) is 46.2 Å². The number of hydrogen-bond acceptors (Lipinski definition) is 6. The molecular formula is C21H30N4O3S2. The van der Waals surface area contributed by atoms with E-state index in [0.717, 1.165) is 30.0 Å². The van der Waals surface area contributed by atoms with Gasteiger partial charge in [-0.25, -0.2) is 8.42 Å². The van der Waals surface area contributed by atoms with E-state index in [4.69, 9.17) is 0 Å². The fraction of sp³-hybridized carbons (Fsp3) is 0.524. The van der Waals surface area contributed by atoms with Gasteiger partial charge in [-0.1, -0.05) is 44.4 Å². The summed E-state index contributed by atoms with van der Waals surface area (Å²) in [7, 11) is -3.20. The number of unbranched alkanes of at least 4 members (excludes halogenated alkanes) is 3. The van der Waals surface area contributed by atoms with Crippen molar-refractivity contribution in [1.82, 2.24) is 14.1 Å². The molecule has 1 aliphatic heterocycles. The van der Waals surface area contributed by atoms with Crippen LogP contribution in [-0.2, 0) is 10.0 Å². The second-order valence-corrected chi connectivity index (χ2v) is 10.6. The number of para-hydroxylation sites is 1. The largest absolute Gasteiger partial charge is 0.367 e. The zero-order valence-corrected chi connectivity index (χ0v) is 19.3. The van der Waals surface area contributed by atoms with Crippen molar-refractivity contribution in [2.24, 2.45) is 0 Å². The van der Waals surface area contributed by atoms with E-state index in [1.807, 2.05) is 30.3 Å². The molecule has 0 unspecified atom stereocenters. The van der Waals surface area contributed by atoms with Crippen LogP contribution in [-0.4, -0.2) is 60.7 Å². The number of piperazine rings is 1. The van der Waals surface area contributed by atoms with E-state index in [1.165, 1.54) is 28.1 Å². The maximum absolute atomic E-state index is 13.3. The lowest BCUT2D eigenvalue weighted by molar-refractivity contribution is 0.387. The first-order valence-electron chi connectivity index (χ1n) is 10.4. The molecule has 1 aliphatic rings. The summed E-state index contributed by atoms with van der Waals surface area (Å²) in [5, 5.41) is 4.43. The van der Waals surface area contributed by atoms with Crippen molar-refractivity contribution in [3.63, 3.8) is 0 Å². The Morgan fingerprint density at radius 3 is 2.37 bits per heavy atom. The molecule has 1 fully saturated rings. The lowest BCUT2D eigenvalue weighted by Crippen LogP contribution is -2.49. The molecule has 7 nitrogen and oxygen atoms in total. The third-order valence-electron chi connectivity index (χ3n) is 5.21. The number of rotatable bonds is 9. The molecule has 9 heteroatoms. The highest BCUT2D eigenvalue weighted by Gasteiger charge is 2.26. The maximum Gasteiger partial charge on any atom is 0.287 e. The van der Waals surface area contributed by atoms with Crippen LogP contribution in [0.2, 0.25) is 0 Å². The van der Waals surface area contributed by atoms with Gasteiger partial charge in [0.2, 0.25) is 10.0 Å². The van der Waals surface area contributed by atoms with Gasteiger partial charge < -0.3 is 4.90 Å². The zero-order chi connectivity index (χ0) is 21.6. The average molecular weight is 451 g/mol. The predicted octanol–water partition coefficient (Wildman–Crippen LogP) is 2.99.